The van der Waals surface area contributed by atoms with E-state index in [1.54, 1.807) is 18.2 Å². The largest absolute Gasteiger partial charge is 0.460 e. The van der Waals surface area contributed by atoms with Gasteiger partial charge in [-0.15, -0.1) is 6.58 Å². The van der Waals surface area contributed by atoms with Crippen molar-refractivity contribution >= 4 is 11.9 Å². The van der Waals surface area contributed by atoms with Crippen molar-refractivity contribution in [1.82, 2.24) is 0 Å². The number of allylic oxidation sites excluding steroid dienone is 1. The molecule has 1 saturated carbocycles. The molecule has 0 saturated heterocycles. The Labute approximate surface area is 227 Å². The molecule has 0 aliphatic heterocycles. The van der Waals surface area contributed by atoms with Crippen LogP contribution >= 0.6 is 0 Å². The molecule has 4 aromatic rings. The van der Waals surface area contributed by atoms with Crippen LogP contribution in [-0.4, -0.2) is 11.9 Å². The van der Waals surface area contributed by atoms with Crippen molar-refractivity contribution in [1.29, 1.82) is 0 Å². The van der Waals surface area contributed by atoms with Gasteiger partial charge >= 0.3 is 11.9 Å². The quantitative estimate of drug-likeness (QED) is 0.118. The van der Waals surface area contributed by atoms with Gasteiger partial charge in [0.15, 0.2) is 5.41 Å². The summed E-state index contributed by atoms with van der Waals surface area (Å²) in [5.74, 6) is 1.09. The lowest BCUT2D eigenvalue weighted by atomic mass is 10.0. The number of benzene rings is 4. The Morgan fingerprint density at radius 1 is 0.667 bits per heavy atom. The van der Waals surface area contributed by atoms with Gasteiger partial charge in [-0.25, -0.2) is 0 Å². The number of rotatable bonds is 11. The molecule has 6 nitrogen and oxygen atoms in total. The molecule has 1 unspecified atom stereocenters. The number of carbonyl (C=O) groups excluding carboxylic acids is 2. The van der Waals surface area contributed by atoms with Crippen LogP contribution in [0.15, 0.2) is 122 Å². The molecule has 4 aromatic carbocycles. The highest BCUT2D eigenvalue weighted by atomic mass is 16.6. The topological polar surface area (TPSA) is 71.1 Å². The van der Waals surface area contributed by atoms with Gasteiger partial charge in [-0.3, -0.25) is 9.59 Å². The first kappa shape index (κ1) is 25.8. The SMILES string of the molecule is C=CC1CC1(C(=O)OCc1cccc(Oc2ccccc2)c1)C(=O)OCc1cccc(Oc2ccccc2)c1. The molecule has 0 radical (unpaired) electrons. The van der Waals surface area contributed by atoms with Gasteiger partial charge in [-0.1, -0.05) is 66.7 Å². The molecule has 0 N–H and O–H groups in total. The number of esters is 2. The molecule has 0 bridgehead atoms. The van der Waals surface area contributed by atoms with Crippen LogP contribution in [0.1, 0.15) is 17.5 Å². The van der Waals surface area contributed by atoms with E-state index in [-0.39, 0.29) is 19.1 Å². The summed E-state index contributed by atoms with van der Waals surface area (Å²) in [5.41, 5.74) is 0.107. The van der Waals surface area contributed by atoms with Gasteiger partial charge in [-0.2, -0.15) is 0 Å². The highest BCUT2D eigenvalue weighted by Crippen LogP contribution is 2.55. The van der Waals surface area contributed by atoms with Crippen LogP contribution in [-0.2, 0) is 32.3 Å². The first-order valence-electron chi connectivity index (χ1n) is 12.7. The third kappa shape index (κ3) is 6.18. The van der Waals surface area contributed by atoms with E-state index >= 15 is 0 Å². The molecular weight excluding hydrogens is 492 g/mol. The second-order valence-corrected chi connectivity index (χ2v) is 9.29. The first-order chi connectivity index (χ1) is 19.1. The minimum absolute atomic E-state index is 0.00257. The number of carbonyl (C=O) groups is 2. The summed E-state index contributed by atoms with van der Waals surface area (Å²) in [7, 11) is 0. The van der Waals surface area contributed by atoms with Gasteiger partial charge in [-0.05, 0) is 66.1 Å². The van der Waals surface area contributed by atoms with Crippen molar-refractivity contribution in [2.45, 2.75) is 19.6 Å². The van der Waals surface area contributed by atoms with Crippen LogP contribution in [0.25, 0.3) is 0 Å². The average Bonchev–Trinajstić information content (AvgIpc) is 3.72. The lowest BCUT2D eigenvalue weighted by molar-refractivity contribution is -0.166. The minimum atomic E-state index is -1.38. The van der Waals surface area contributed by atoms with Crippen LogP contribution in [0, 0.1) is 11.3 Å². The second kappa shape index (κ2) is 11.7. The van der Waals surface area contributed by atoms with Crippen molar-refractivity contribution in [2.75, 3.05) is 0 Å². The van der Waals surface area contributed by atoms with E-state index in [9.17, 15) is 9.59 Å². The summed E-state index contributed by atoms with van der Waals surface area (Å²) in [6.45, 7) is 3.78. The number of hydrogen-bond donors (Lipinski definition) is 0. The average molecular weight is 521 g/mol. The lowest BCUT2D eigenvalue weighted by Crippen LogP contribution is -2.31. The Bertz CT molecular complexity index is 1350. The smallest absolute Gasteiger partial charge is 0.324 e. The van der Waals surface area contributed by atoms with E-state index in [4.69, 9.17) is 18.9 Å². The normalized spacial score (nSPS) is 15.0. The van der Waals surface area contributed by atoms with E-state index in [2.05, 4.69) is 6.58 Å². The molecule has 1 fully saturated rings. The molecule has 5 rings (SSSR count). The number of para-hydroxylation sites is 2. The van der Waals surface area contributed by atoms with Gasteiger partial charge in [0.2, 0.25) is 0 Å². The van der Waals surface area contributed by atoms with E-state index in [0.717, 1.165) is 11.1 Å². The molecule has 6 heteroatoms. The Balaban J connectivity index is 1.19. The fourth-order valence-corrected chi connectivity index (χ4v) is 4.33. The minimum Gasteiger partial charge on any atom is -0.460 e. The molecule has 0 heterocycles. The lowest BCUT2D eigenvalue weighted by Gasteiger charge is -2.16. The molecule has 196 valence electrons. The fourth-order valence-electron chi connectivity index (χ4n) is 4.33. The molecule has 1 atom stereocenters. The van der Waals surface area contributed by atoms with E-state index in [0.29, 0.717) is 29.4 Å². The maximum Gasteiger partial charge on any atom is 0.324 e. The second-order valence-electron chi connectivity index (χ2n) is 9.29. The highest BCUT2D eigenvalue weighted by molar-refractivity contribution is 6.04. The Morgan fingerprint density at radius 3 is 1.51 bits per heavy atom. The van der Waals surface area contributed by atoms with Crippen molar-refractivity contribution in [3.05, 3.63) is 133 Å². The van der Waals surface area contributed by atoms with Crippen molar-refractivity contribution in [2.24, 2.45) is 11.3 Å². The maximum atomic E-state index is 13.1. The summed E-state index contributed by atoms with van der Waals surface area (Å²) < 4.78 is 22.9. The summed E-state index contributed by atoms with van der Waals surface area (Å²) in [5, 5.41) is 0. The van der Waals surface area contributed by atoms with E-state index < -0.39 is 17.4 Å². The Morgan fingerprint density at radius 2 is 1.10 bits per heavy atom. The first-order valence-corrected chi connectivity index (χ1v) is 12.7. The molecule has 0 amide bonds. The predicted octanol–water partition coefficient (Wildman–Crippen LogP) is 7.25. The van der Waals surface area contributed by atoms with Gasteiger partial charge in [0.1, 0.15) is 36.2 Å². The van der Waals surface area contributed by atoms with Crippen molar-refractivity contribution < 1.29 is 28.5 Å². The van der Waals surface area contributed by atoms with Crippen molar-refractivity contribution in [3.8, 4) is 23.0 Å². The zero-order chi connectivity index (χ0) is 27.1. The third-order valence-electron chi connectivity index (χ3n) is 6.52. The van der Waals surface area contributed by atoms with Gasteiger partial charge in [0, 0.05) is 5.92 Å². The molecule has 0 spiro atoms. The molecule has 39 heavy (non-hydrogen) atoms. The molecular formula is C33H28O6. The molecule has 1 aliphatic carbocycles. The fraction of sp³-hybridized carbons (Fsp3) is 0.152. The molecule has 1 aliphatic rings. The highest BCUT2D eigenvalue weighted by Gasteiger charge is 2.67. The zero-order valence-corrected chi connectivity index (χ0v) is 21.3. The standard InChI is InChI=1S/C33H28O6/c1-2-26-21-33(26,31(34)36-22-24-11-9-17-29(19-24)38-27-13-5-3-6-14-27)32(35)37-23-25-12-10-18-30(20-25)39-28-15-7-4-8-16-28/h2-20,26H,1,21-23H2. The summed E-state index contributed by atoms with van der Waals surface area (Å²) in [6, 6.07) is 33.4. The van der Waals surface area contributed by atoms with Crippen LogP contribution in [0.4, 0.5) is 0 Å². The predicted molar refractivity (Wildman–Crippen MR) is 146 cm³/mol. The van der Waals surface area contributed by atoms with Crippen molar-refractivity contribution in [3.63, 3.8) is 0 Å². The Kier molecular flexibility index (Phi) is 7.73. The third-order valence-corrected chi connectivity index (χ3v) is 6.52. The van der Waals surface area contributed by atoms with Gasteiger partial charge in [0.25, 0.3) is 0 Å². The zero-order valence-electron chi connectivity index (χ0n) is 21.3. The van der Waals surface area contributed by atoms with E-state index in [1.807, 2.05) is 97.1 Å². The van der Waals surface area contributed by atoms with Crippen LogP contribution < -0.4 is 9.47 Å². The number of ether oxygens (including phenoxy) is 4. The summed E-state index contributed by atoms with van der Waals surface area (Å²) >= 11 is 0. The van der Waals surface area contributed by atoms with Crippen LogP contribution in [0.2, 0.25) is 0 Å². The van der Waals surface area contributed by atoms with Gasteiger partial charge in [0.05, 0.1) is 0 Å². The Hall–Kier alpha value is -4.84. The maximum absolute atomic E-state index is 13.1. The number of hydrogen-bond acceptors (Lipinski definition) is 6. The summed E-state index contributed by atoms with van der Waals surface area (Å²) in [4.78, 5) is 26.3. The summed E-state index contributed by atoms with van der Waals surface area (Å²) in [6.07, 6.45) is 1.91. The van der Waals surface area contributed by atoms with Gasteiger partial charge < -0.3 is 18.9 Å². The monoisotopic (exact) mass is 520 g/mol. The molecule has 0 aromatic heterocycles. The van der Waals surface area contributed by atoms with E-state index in [1.165, 1.54) is 0 Å². The van der Waals surface area contributed by atoms with Crippen LogP contribution in [0.3, 0.4) is 0 Å². The van der Waals surface area contributed by atoms with Crippen LogP contribution in [0.5, 0.6) is 23.0 Å².